The molecule has 0 fully saturated rings. The van der Waals surface area contributed by atoms with Gasteiger partial charge in [0.2, 0.25) is 10.0 Å². The predicted octanol–water partition coefficient (Wildman–Crippen LogP) is 1.77. The van der Waals surface area contributed by atoms with E-state index < -0.39 is 16.1 Å². The second kappa shape index (κ2) is 8.39. The molecule has 2 aromatic rings. The monoisotopic (exact) mass is 348 g/mol. The normalized spacial score (nSPS) is 13.2. The van der Waals surface area contributed by atoms with Gasteiger partial charge < -0.3 is 10.4 Å². The Morgan fingerprint density at radius 2 is 1.71 bits per heavy atom. The van der Waals surface area contributed by atoms with E-state index in [1.807, 2.05) is 37.3 Å². The van der Waals surface area contributed by atoms with Crippen molar-refractivity contribution in [3.63, 3.8) is 0 Å². The zero-order valence-corrected chi connectivity index (χ0v) is 14.8. The Hall–Kier alpha value is -1.73. The van der Waals surface area contributed by atoms with Crippen LogP contribution < -0.4 is 5.32 Å². The molecule has 1 atom stereocenters. The first-order valence-electron chi connectivity index (χ1n) is 7.85. The van der Waals surface area contributed by atoms with Crippen molar-refractivity contribution in [1.29, 1.82) is 0 Å². The van der Waals surface area contributed by atoms with Crippen LogP contribution in [0.2, 0.25) is 0 Å². The van der Waals surface area contributed by atoms with Gasteiger partial charge in [0.15, 0.2) is 0 Å². The molecule has 6 heteroatoms. The standard InChI is InChI=1S/C18H24N2O3S/c1-15-8-10-18(11-9-15)24(22,23)20(2)14-17(21)13-19-12-16-6-4-3-5-7-16/h3-11,17,19,21H,12-14H2,1-2H3/t17-/m0/s1. The highest BCUT2D eigenvalue weighted by atomic mass is 32.2. The zero-order chi connectivity index (χ0) is 17.6. The van der Waals surface area contributed by atoms with E-state index in [2.05, 4.69) is 5.32 Å². The van der Waals surface area contributed by atoms with Crippen LogP contribution in [-0.4, -0.2) is 44.1 Å². The first-order chi connectivity index (χ1) is 11.4. The molecule has 0 aromatic heterocycles. The third-order valence-corrected chi connectivity index (χ3v) is 5.59. The fraction of sp³-hybridized carbons (Fsp3) is 0.333. The summed E-state index contributed by atoms with van der Waals surface area (Å²) in [7, 11) is -2.10. The lowest BCUT2D eigenvalue weighted by Crippen LogP contribution is -2.39. The van der Waals surface area contributed by atoms with E-state index in [9.17, 15) is 13.5 Å². The van der Waals surface area contributed by atoms with Gasteiger partial charge in [0, 0.05) is 26.7 Å². The van der Waals surface area contributed by atoms with Crippen molar-refractivity contribution in [2.24, 2.45) is 0 Å². The topological polar surface area (TPSA) is 69.6 Å². The summed E-state index contributed by atoms with van der Waals surface area (Å²) in [6.45, 7) is 2.90. The number of benzene rings is 2. The fourth-order valence-corrected chi connectivity index (χ4v) is 3.54. The highest BCUT2D eigenvalue weighted by Gasteiger charge is 2.22. The summed E-state index contributed by atoms with van der Waals surface area (Å²) in [6, 6.07) is 16.5. The Labute approximate surface area is 144 Å². The number of aliphatic hydroxyl groups excluding tert-OH is 1. The molecule has 130 valence electrons. The number of aryl methyl sites for hydroxylation is 1. The molecule has 0 saturated carbocycles. The maximum Gasteiger partial charge on any atom is 0.242 e. The molecule has 0 spiro atoms. The molecule has 0 aliphatic heterocycles. The molecular weight excluding hydrogens is 324 g/mol. The Morgan fingerprint density at radius 3 is 2.33 bits per heavy atom. The second-order valence-corrected chi connectivity index (χ2v) is 7.91. The average molecular weight is 348 g/mol. The molecule has 2 aromatic carbocycles. The van der Waals surface area contributed by atoms with Crippen LogP contribution in [0.5, 0.6) is 0 Å². The van der Waals surface area contributed by atoms with E-state index in [0.29, 0.717) is 13.1 Å². The highest BCUT2D eigenvalue weighted by molar-refractivity contribution is 7.89. The summed E-state index contributed by atoms with van der Waals surface area (Å²) in [5, 5.41) is 13.2. The Bertz CT molecular complexity index is 731. The van der Waals surface area contributed by atoms with Crippen molar-refractivity contribution in [2.75, 3.05) is 20.1 Å². The van der Waals surface area contributed by atoms with Gasteiger partial charge in [-0.1, -0.05) is 48.0 Å². The van der Waals surface area contributed by atoms with E-state index in [1.54, 1.807) is 24.3 Å². The highest BCUT2D eigenvalue weighted by Crippen LogP contribution is 2.15. The smallest absolute Gasteiger partial charge is 0.242 e. The summed E-state index contributed by atoms with van der Waals surface area (Å²) in [4.78, 5) is 0.236. The summed E-state index contributed by atoms with van der Waals surface area (Å²) in [6.07, 6.45) is -0.779. The van der Waals surface area contributed by atoms with Gasteiger partial charge in [-0.3, -0.25) is 0 Å². The minimum atomic E-state index is -3.58. The van der Waals surface area contributed by atoms with Crippen LogP contribution in [-0.2, 0) is 16.6 Å². The lowest BCUT2D eigenvalue weighted by atomic mass is 10.2. The van der Waals surface area contributed by atoms with Crippen molar-refractivity contribution < 1.29 is 13.5 Å². The molecule has 2 N–H and O–H groups in total. The lowest BCUT2D eigenvalue weighted by molar-refractivity contribution is 0.150. The fourth-order valence-electron chi connectivity index (χ4n) is 2.33. The quantitative estimate of drug-likeness (QED) is 0.763. The van der Waals surface area contributed by atoms with E-state index in [1.165, 1.54) is 11.4 Å². The molecule has 0 aliphatic rings. The van der Waals surface area contributed by atoms with Gasteiger partial charge in [0.05, 0.1) is 11.0 Å². The number of hydrogen-bond acceptors (Lipinski definition) is 4. The van der Waals surface area contributed by atoms with Crippen molar-refractivity contribution in [2.45, 2.75) is 24.5 Å². The molecule has 0 unspecified atom stereocenters. The van der Waals surface area contributed by atoms with Gasteiger partial charge in [-0.25, -0.2) is 8.42 Å². The predicted molar refractivity (Wildman–Crippen MR) is 95.2 cm³/mol. The van der Waals surface area contributed by atoms with Crippen LogP contribution in [0, 0.1) is 6.92 Å². The largest absolute Gasteiger partial charge is 0.390 e. The maximum absolute atomic E-state index is 12.5. The van der Waals surface area contributed by atoms with Gasteiger partial charge in [0.25, 0.3) is 0 Å². The Kier molecular flexibility index (Phi) is 6.51. The molecular formula is C18H24N2O3S. The number of hydrogen-bond donors (Lipinski definition) is 2. The van der Waals surface area contributed by atoms with Gasteiger partial charge in [0.1, 0.15) is 0 Å². The molecule has 5 nitrogen and oxygen atoms in total. The van der Waals surface area contributed by atoms with Crippen molar-refractivity contribution in [3.8, 4) is 0 Å². The third-order valence-electron chi connectivity index (χ3n) is 3.75. The SMILES string of the molecule is Cc1ccc(S(=O)(=O)N(C)C[C@@H](O)CNCc2ccccc2)cc1. The second-order valence-electron chi connectivity index (χ2n) is 5.87. The Morgan fingerprint density at radius 1 is 1.08 bits per heavy atom. The van der Waals surface area contributed by atoms with Gasteiger partial charge in [-0.2, -0.15) is 4.31 Å². The zero-order valence-electron chi connectivity index (χ0n) is 14.0. The number of likely N-dealkylation sites (N-methyl/N-ethyl adjacent to an activating group) is 1. The number of rotatable bonds is 8. The number of sulfonamides is 1. The molecule has 0 amide bonds. The van der Waals surface area contributed by atoms with Gasteiger partial charge >= 0.3 is 0 Å². The number of aliphatic hydroxyl groups is 1. The Balaban J connectivity index is 1.86. The van der Waals surface area contributed by atoms with Crippen molar-refractivity contribution >= 4 is 10.0 Å². The van der Waals surface area contributed by atoms with Crippen LogP contribution in [0.1, 0.15) is 11.1 Å². The maximum atomic E-state index is 12.5. The van der Waals surface area contributed by atoms with Gasteiger partial charge in [-0.05, 0) is 24.6 Å². The van der Waals surface area contributed by atoms with Gasteiger partial charge in [-0.15, -0.1) is 0 Å². The van der Waals surface area contributed by atoms with E-state index >= 15 is 0 Å². The first kappa shape index (κ1) is 18.6. The number of nitrogens with one attached hydrogen (secondary N) is 1. The summed E-state index contributed by atoms with van der Waals surface area (Å²) < 4.78 is 26.1. The molecule has 0 bridgehead atoms. The van der Waals surface area contributed by atoms with E-state index in [4.69, 9.17) is 0 Å². The summed E-state index contributed by atoms with van der Waals surface area (Å²) >= 11 is 0. The molecule has 0 saturated heterocycles. The molecule has 0 heterocycles. The molecule has 2 rings (SSSR count). The minimum absolute atomic E-state index is 0.0397. The first-order valence-corrected chi connectivity index (χ1v) is 9.29. The summed E-state index contributed by atoms with van der Waals surface area (Å²) in [5.74, 6) is 0. The van der Waals surface area contributed by atoms with E-state index in [-0.39, 0.29) is 11.4 Å². The average Bonchev–Trinajstić information content (AvgIpc) is 2.56. The van der Waals surface area contributed by atoms with Crippen LogP contribution in [0.4, 0.5) is 0 Å². The van der Waals surface area contributed by atoms with Crippen LogP contribution >= 0.6 is 0 Å². The summed E-state index contributed by atoms with van der Waals surface area (Å²) in [5.41, 5.74) is 2.12. The number of nitrogens with zero attached hydrogens (tertiary/aromatic N) is 1. The molecule has 0 radical (unpaired) electrons. The minimum Gasteiger partial charge on any atom is -0.390 e. The van der Waals surface area contributed by atoms with Crippen LogP contribution in [0.3, 0.4) is 0 Å². The van der Waals surface area contributed by atoms with Crippen molar-refractivity contribution in [3.05, 3.63) is 65.7 Å². The van der Waals surface area contributed by atoms with Crippen LogP contribution in [0.25, 0.3) is 0 Å². The van der Waals surface area contributed by atoms with Crippen molar-refractivity contribution in [1.82, 2.24) is 9.62 Å². The molecule has 24 heavy (non-hydrogen) atoms. The van der Waals surface area contributed by atoms with Crippen LogP contribution in [0.15, 0.2) is 59.5 Å². The third kappa shape index (κ3) is 5.14. The lowest BCUT2D eigenvalue weighted by Gasteiger charge is -2.21. The molecule has 0 aliphatic carbocycles. The van der Waals surface area contributed by atoms with E-state index in [0.717, 1.165) is 11.1 Å².